The Morgan fingerprint density at radius 2 is 2.67 bits per heavy atom. The lowest BCUT2D eigenvalue weighted by atomic mass is 10.5. The number of aliphatic imine (C=N–C) groups is 1. The van der Waals surface area contributed by atoms with Crippen LogP contribution in [0.4, 0.5) is 0 Å². The first-order valence-corrected chi connectivity index (χ1v) is 3.30. The number of nitrogens with zero attached hydrogens (tertiary/aromatic N) is 2. The van der Waals surface area contributed by atoms with Crippen LogP contribution >= 0.6 is 0 Å². The van der Waals surface area contributed by atoms with E-state index in [1.165, 1.54) is 0 Å². The molecule has 0 aromatic heterocycles. The maximum atomic E-state index is 4.23. The van der Waals surface area contributed by atoms with Crippen LogP contribution in [0.5, 0.6) is 0 Å². The lowest BCUT2D eigenvalue weighted by Gasteiger charge is -2.14. The van der Waals surface area contributed by atoms with Gasteiger partial charge in [-0.25, -0.2) is 0 Å². The molecule has 0 atom stereocenters. The Bertz CT molecular complexity index is 138. The highest BCUT2D eigenvalue weighted by molar-refractivity contribution is 5.93. The van der Waals surface area contributed by atoms with Gasteiger partial charge in [-0.1, -0.05) is 6.58 Å². The van der Waals surface area contributed by atoms with Crippen LogP contribution in [0.25, 0.3) is 0 Å². The van der Waals surface area contributed by atoms with Gasteiger partial charge in [0.2, 0.25) is 0 Å². The SMILES string of the molecule is C=CC1=NCCN1CC. The number of rotatable bonds is 2. The summed E-state index contributed by atoms with van der Waals surface area (Å²) in [5, 5.41) is 0. The smallest absolute Gasteiger partial charge is 0.122 e. The van der Waals surface area contributed by atoms with Crippen molar-refractivity contribution >= 4 is 5.84 Å². The molecule has 0 spiro atoms. The number of hydrogen-bond acceptors (Lipinski definition) is 2. The summed E-state index contributed by atoms with van der Waals surface area (Å²) in [5.41, 5.74) is 0. The van der Waals surface area contributed by atoms with Crippen molar-refractivity contribution in [3.05, 3.63) is 12.7 Å². The van der Waals surface area contributed by atoms with E-state index < -0.39 is 0 Å². The Morgan fingerprint density at radius 1 is 1.89 bits per heavy atom. The van der Waals surface area contributed by atoms with Gasteiger partial charge in [0.25, 0.3) is 0 Å². The number of amidine groups is 1. The molecule has 2 heteroatoms. The predicted octanol–water partition coefficient (Wildman–Crippen LogP) is 0.906. The summed E-state index contributed by atoms with van der Waals surface area (Å²) in [6, 6.07) is 0. The zero-order valence-corrected chi connectivity index (χ0v) is 5.80. The third-order valence-electron chi connectivity index (χ3n) is 1.53. The van der Waals surface area contributed by atoms with Crippen LogP contribution in [0.3, 0.4) is 0 Å². The third kappa shape index (κ3) is 1.12. The summed E-state index contributed by atoms with van der Waals surface area (Å²) in [6.45, 7) is 8.85. The molecule has 0 bridgehead atoms. The fraction of sp³-hybridized carbons (Fsp3) is 0.571. The molecule has 0 aromatic rings. The number of hydrogen-bond donors (Lipinski definition) is 0. The molecule has 1 aliphatic rings. The second-order valence-electron chi connectivity index (χ2n) is 2.02. The van der Waals surface area contributed by atoms with Gasteiger partial charge in [-0.2, -0.15) is 0 Å². The van der Waals surface area contributed by atoms with Crippen LogP contribution in [0.15, 0.2) is 17.6 Å². The van der Waals surface area contributed by atoms with Crippen molar-refractivity contribution in [2.24, 2.45) is 4.99 Å². The minimum atomic E-state index is 0.940. The normalized spacial score (nSPS) is 17.9. The minimum Gasteiger partial charge on any atom is -0.355 e. The van der Waals surface area contributed by atoms with Crippen LogP contribution in [0, 0.1) is 0 Å². The Morgan fingerprint density at radius 3 is 3.11 bits per heavy atom. The van der Waals surface area contributed by atoms with E-state index in [-0.39, 0.29) is 0 Å². The molecule has 0 fully saturated rings. The van der Waals surface area contributed by atoms with E-state index in [2.05, 4.69) is 23.4 Å². The summed E-state index contributed by atoms with van der Waals surface area (Å²) in [4.78, 5) is 6.45. The molecule has 1 rings (SSSR count). The molecule has 0 unspecified atom stereocenters. The van der Waals surface area contributed by atoms with Gasteiger partial charge >= 0.3 is 0 Å². The molecule has 0 aromatic carbocycles. The van der Waals surface area contributed by atoms with Gasteiger partial charge < -0.3 is 4.90 Å². The molecule has 9 heavy (non-hydrogen) atoms. The summed E-state index contributed by atoms with van der Waals surface area (Å²) in [6.07, 6.45) is 1.82. The van der Waals surface area contributed by atoms with Crippen molar-refractivity contribution < 1.29 is 0 Å². The Hall–Kier alpha value is -0.790. The third-order valence-corrected chi connectivity index (χ3v) is 1.53. The van der Waals surface area contributed by atoms with Crippen molar-refractivity contribution in [3.8, 4) is 0 Å². The highest BCUT2D eigenvalue weighted by atomic mass is 15.2. The van der Waals surface area contributed by atoms with Gasteiger partial charge in [-0.15, -0.1) is 0 Å². The van der Waals surface area contributed by atoms with Crippen LogP contribution in [0.2, 0.25) is 0 Å². The minimum absolute atomic E-state index is 0.940. The molecule has 0 amide bonds. The van der Waals surface area contributed by atoms with E-state index >= 15 is 0 Å². The molecular formula is C7H12N2. The van der Waals surface area contributed by atoms with Gasteiger partial charge in [0, 0.05) is 13.1 Å². The maximum absolute atomic E-state index is 4.23. The molecule has 0 saturated carbocycles. The predicted molar refractivity (Wildman–Crippen MR) is 39.7 cm³/mol. The molecule has 0 N–H and O–H groups in total. The quantitative estimate of drug-likeness (QED) is 0.534. The van der Waals surface area contributed by atoms with Crippen LogP contribution < -0.4 is 0 Å². The first-order valence-electron chi connectivity index (χ1n) is 3.30. The number of likely N-dealkylation sites (N-methyl/N-ethyl adjacent to an activating group) is 1. The lowest BCUT2D eigenvalue weighted by molar-refractivity contribution is 0.485. The monoisotopic (exact) mass is 124 g/mol. The van der Waals surface area contributed by atoms with Gasteiger partial charge in [0.1, 0.15) is 5.84 Å². The largest absolute Gasteiger partial charge is 0.355 e. The molecule has 1 heterocycles. The van der Waals surface area contributed by atoms with Crippen molar-refractivity contribution in [1.82, 2.24) is 4.90 Å². The summed E-state index contributed by atoms with van der Waals surface area (Å²) in [5.74, 6) is 1.05. The van der Waals surface area contributed by atoms with Crippen molar-refractivity contribution in [2.75, 3.05) is 19.6 Å². The topological polar surface area (TPSA) is 15.6 Å². The van der Waals surface area contributed by atoms with Crippen molar-refractivity contribution in [1.29, 1.82) is 0 Å². The average molecular weight is 124 g/mol. The second-order valence-corrected chi connectivity index (χ2v) is 2.02. The Balaban J connectivity index is 2.56. The first-order chi connectivity index (χ1) is 4.38. The molecule has 1 aliphatic heterocycles. The molecule has 2 nitrogen and oxygen atoms in total. The summed E-state index contributed by atoms with van der Waals surface area (Å²) >= 11 is 0. The molecular weight excluding hydrogens is 112 g/mol. The fourth-order valence-corrected chi connectivity index (χ4v) is 1.01. The molecule has 50 valence electrons. The zero-order chi connectivity index (χ0) is 6.69. The average Bonchev–Trinajstić information content (AvgIpc) is 2.33. The molecule has 0 saturated heterocycles. The maximum Gasteiger partial charge on any atom is 0.122 e. The Kier molecular flexibility index (Phi) is 1.88. The summed E-state index contributed by atoms with van der Waals surface area (Å²) in [7, 11) is 0. The van der Waals surface area contributed by atoms with Gasteiger partial charge in [-0.05, 0) is 13.0 Å². The van der Waals surface area contributed by atoms with E-state index in [4.69, 9.17) is 0 Å². The highest BCUT2D eigenvalue weighted by Crippen LogP contribution is 2.00. The second kappa shape index (κ2) is 2.67. The van der Waals surface area contributed by atoms with E-state index in [1.54, 1.807) is 0 Å². The lowest BCUT2D eigenvalue weighted by Crippen LogP contribution is -2.25. The van der Waals surface area contributed by atoms with Crippen LogP contribution in [-0.2, 0) is 0 Å². The van der Waals surface area contributed by atoms with Crippen molar-refractivity contribution in [3.63, 3.8) is 0 Å². The molecule has 0 radical (unpaired) electrons. The van der Waals surface area contributed by atoms with Gasteiger partial charge in [0.15, 0.2) is 0 Å². The van der Waals surface area contributed by atoms with Crippen molar-refractivity contribution in [2.45, 2.75) is 6.92 Å². The summed E-state index contributed by atoms with van der Waals surface area (Å²) < 4.78 is 0. The van der Waals surface area contributed by atoms with Gasteiger partial charge in [-0.3, -0.25) is 4.99 Å². The van der Waals surface area contributed by atoms with E-state index in [9.17, 15) is 0 Å². The Labute approximate surface area is 55.9 Å². The van der Waals surface area contributed by atoms with Gasteiger partial charge in [0.05, 0.1) is 6.54 Å². The van der Waals surface area contributed by atoms with Crippen LogP contribution in [0.1, 0.15) is 6.92 Å². The van der Waals surface area contributed by atoms with E-state index in [1.807, 2.05) is 6.08 Å². The standard InChI is InChI=1S/C7H12N2/c1-3-7-8-5-6-9(7)4-2/h3H,1,4-6H2,2H3. The fourth-order valence-electron chi connectivity index (χ4n) is 1.01. The highest BCUT2D eigenvalue weighted by Gasteiger charge is 2.09. The molecule has 0 aliphatic carbocycles. The van der Waals surface area contributed by atoms with E-state index in [0.717, 1.165) is 25.5 Å². The zero-order valence-electron chi connectivity index (χ0n) is 5.80. The first kappa shape index (κ1) is 6.33. The van der Waals surface area contributed by atoms with Crippen LogP contribution in [-0.4, -0.2) is 30.4 Å². The van der Waals surface area contributed by atoms with E-state index in [0.29, 0.717) is 0 Å².